The van der Waals surface area contributed by atoms with Gasteiger partial charge in [0.2, 0.25) is 10.0 Å². The van der Waals surface area contributed by atoms with E-state index in [-0.39, 0.29) is 6.04 Å². The number of fused-ring (bicyclic) bond motifs is 1. The molecule has 1 N–H and O–H groups in total. The summed E-state index contributed by atoms with van der Waals surface area (Å²) in [5.41, 5.74) is 0. The average molecular weight is 340 g/mol. The zero-order valence-corrected chi connectivity index (χ0v) is 14.6. The second-order valence-corrected chi connectivity index (χ2v) is 8.70. The van der Waals surface area contributed by atoms with Crippen molar-refractivity contribution in [3.8, 4) is 0 Å². The molecule has 0 radical (unpaired) electrons. The molecular weight excluding hydrogens is 320 g/mol. The van der Waals surface area contributed by atoms with Gasteiger partial charge in [0.25, 0.3) is 0 Å². The highest BCUT2D eigenvalue weighted by molar-refractivity contribution is 7.89. The van der Waals surface area contributed by atoms with Gasteiger partial charge in [-0.3, -0.25) is 0 Å². The van der Waals surface area contributed by atoms with Gasteiger partial charge in [0.1, 0.15) is 5.82 Å². The lowest BCUT2D eigenvalue weighted by molar-refractivity contribution is 0.399. The summed E-state index contributed by atoms with van der Waals surface area (Å²) >= 11 is 1.50. The first-order valence-electron chi connectivity index (χ1n) is 7.43. The molecule has 2 aromatic heterocycles. The van der Waals surface area contributed by atoms with Crippen LogP contribution in [0.5, 0.6) is 0 Å². The van der Waals surface area contributed by atoms with Crippen LogP contribution >= 0.6 is 11.3 Å². The van der Waals surface area contributed by atoms with Crippen LogP contribution in [0.1, 0.15) is 47.2 Å². The molecule has 120 valence electrons. The Kier molecular flexibility index (Phi) is 4.09. The predicted octanol–water partition coefficient (Wildman–Crippen LogP) is 2.33. The van der Waals surface area contributed by atoms with E-state index in [1.54, 1.807) is 6.07 Å². The summed E-state index contributed by atoms with van der Waals surface area (Å²) in [6.07, 6.45) is 2.40. The van der Waals surface area contributed by atoms with E-state index in [9.17, 15) is 8.42 Å². The van der Waals surface area contributed by atoms with E-state index >= 15 is 0 Å². The van der Waals surface area contributed by atoms with Gasteiger partial charge in [-0.25, -0.2) is 22.8 Å². The van der Waals surface area contributed by atoms with Crippen molar-refractivity contribution in [3.05, 3.63) is 27.5 Å². The second-order valence-electron chi connectivity index (χ2n) is 5.56. The first kappa shape index (κ1) is 15.6. The molecule has 22 heavy (non-hydrogen) atoms. The zero-order chi connectivity index (χ0) is 15.9. The Morgan fingerprint density at radius 2 is 2.23 bits per heavy atom. The fourth-order valence-electron chi connectivity index (χ4n) is 2.79. The van der Waals surface area contributed by atoms with E-state index in [1.807, 2.05) is 25.5 Å². The van der Waals surface area contributed by atoms with Crippen molar-refractivity contribution in [3.63, 3.8) is 0 Å². The summed E-state index contributed by atoms with van der Waals surface area (Å²) in [6.45, 7) is 6.56. The molecule has 6 nitrogen and oxygen atoms in total. The van der Waals surface area contributed by atoms with Crippen molar-refractivity contribution in [2.45, 2.75) is 57.5 Å². The van der Waals surface area contributed by atoms with Gasteiger partial charge < -0.3 is 0 Å². The molecule has 0 saturated heterocycles. The topological polar surface area (TPSA) is 76.9 Å². The van der Waals surface area contributed by atoms with Crippen LogP contribution in [-0.4, -0.2) is 23.2 Å². The second kappa shape index (κ2) is 5.75. The highest BCUT2D eigenvalue weighted by atomic mass is 32.2. The van der Waals surface area contributed by atoms with E-state index in [4.69, 9.17) is 0 Å². The third kappa shape index (κ3) is 2.82. The average Bonchev–Trinajstić information content (AvgIpc) is 3.02. The molecule has 0 spiro atoms. The molecule has 8 heteroatoms. The van der Waals surface area contributed by atoms with Crippen LogP contribution < -0.4 is 4.72 Å². The van der Waals surface area contributed by atoms with Crippen LogP contribution in [0, 0.1) is 13.8 Å². The Morgan fingerprint density at radius 1 is 1.45 bits per heavy atom. The van der Waals surface area contributed by atoms with E-state index in [2.05, 4.69) is 14.8 Å². The lowest BCUT2D eigenvalue weighted by Crippen LogP contribution is -2.33. The molecule has 0 amide bonds. The van der Waals surface area contributed by atoms with Crippen LogP contribution in [0.25, 0.3) is 0 Å². The number of rotatable bonds is 4. The Labute approximate surface area is 134 Å². The molecular formula is C14H20N4O2S2. The molecule has 0 bridgehead atoms. The Morgan fingerprint density at radius 3 is 2.86 bits per heavy atom. The number of aryl methyl sites for hydroxylation is 4. The van der Waals surface area contributed by atoms with Crippen molar-refractivity contribution in [2.75, 3.05) is 0 Å². The number of nitrogens with zero attached hydrogens (tertiary/aromatic N) is 3. The lowest BCUT2D eigenvalue weighted by Gasteiger charge is -2.22. The maximum absolute atomic E-state index is 12.7. The van der Waals surface area contributed by atoms with Crippen molar-refractivity contribution >= 4 is 21.4 Å². The van der Waals surface area contributed by atoms with Gasteiger partial charge in [0.15, 0.2) is 5.82 Å². The maximum Gasteiger partial charge on any atom is 0.242 e. The van der Waals surface area contributed by atoms with Crippen LogP contribution in [0.3, 0.4) is 0 Å². The summed E-state index contributed by atoms with van der Waals surface area (Å²) in [7, 11) is -3.53. The van der Waals surface area contributed by atoms with Crippen LogP contribution in [0.15, 0.2) is 11.0 Å². The highest BCUT2D eigenvalue weighted by Crippen LogP contribution is 2.29. The van der Waals surface area contributed by atoms with E-state index in [1.165, 1.54) is 11.3 Å². The summed E-state index contributed by atoms with van der Waals surface area (Å²) in [6, 6.07) is 1.43. The summed E-state index contributed by atoms with van der Waals surface area (Å²) in [5.74, 6) is 1.50. The molecule has 1 aliphatic rings. The molecule has 0 unspecified atom stereocenters. The number of hydrogen-bond donors (Lipinski definition) is 1. The fourth-order valence-corrected chi connectivity index (χ4v) is 5.57. The third-order valence-electron chi connectivity index (χ3n) is 3.82. The fraction of sp³-hybridized carbons (Fsp3) is 0.571. The van der Waals surface area contributed by atoms with Gasteiger partial charge in [-0.2, -0.15) is 5.10 Å². The van der Waals surface area contributed by atoms with Gasteiger partial charge in [0, 0.05) is 22.7 Å². The first-order valence-corrected chi connectivity index (χ1v) is 9.73. The van der Waals surface area contributed by atoms with Crippen molar-refractivity contribution < 1.29 is 8.42 Å². The SMILES string of the molecule is CCc1nc2n(n1)CCC[C@@H]2NS(=O)(=O)c1cc(C)sc1C. The molecule has 0 fully saturated rings. The Balaban J connectivity index is 1.91. The van der Waals surface area contributed by atoms with Gasteiger partial charge in [-0.05, 0) is 32.8 Å². The molecule has 0 aliphatic carbocycles. The summed E-state index contributed by atoms with van der Waals surface area (Å²) in [4.78, 5) is 6.68. The number of aromatic nitrogens is 3. The van der Waals surface area contributed by atoms with Crippen molar-refractivity contribution in [2.24, 2.45) is 0 Å². The van der Waals surface area contributed by atoms with E-state index < -0.39 is 10.0 Å². The maximum atomic E-state index is 12.7. The zero-order valence-electron chi connectivity index (χ0n) is 13.0. The van der Waals surface area contributed by atoms with Gasteiger partial charge >= 0.3 is 0 Å². The van der Waals surface area contributed by atoms with Crippen molar-refractivity contribution in [1.82, 2.24) is 19.5 Å². The monoisotopic (exact) mass is 340 g/mol. The number of sulfonamides is 1. The van der Waals surface area contributed by atoms with Gasteiger partial charge in [-0.15, -0.1) is 11.3 Å². The summed E-state index contributed by atoms with van der Waals surface area (Å²) in [5, 5.41) is 4.42. The van der Waals surface area contributed by atoms with Crippen molar-refractivity contribution in [1.29, 1.82) is 0 Å². The van der Waals surface area contributed by atoms with Crippen LogP contribution in [0.2, 0.25) is 0 Å². The molecule has 0 aromatic carbocycles. The quantitative estimate of drug-likeness (QED) is 0.927. The molecule has 3 heterocycles. The van der Waals surface area contributed by atoms with Gasteiger partial charge in [0.05, 0.1) is 10.9 Å². The molecule has 3 rings (SSSR count). The molecule has 0 saturated carbocycles. The lowest BCUT2D eigenvalue weighted by atomic mass is 10.1. The van der Waals surface area contributed by atoms with Gasteiger partial charge in [-0.1, -0.05) is 6.92 Å². The van der Waals surface area contributed by atoms with Crippen LogP contribution in [0.4, 0.5) is 0 Å². The van der Waals surface area contributed by atoms with Crippen LogP contribution in [-0.2, 0) is 23.0 Å². The number of nitrogens with one attached hydrogen (secondary N) is 1. The molecule has 1 atom stereocenters. The Hall–Kier alpha value is -1.25. The minimum Gasteiger partial charge on any atom is -0.248 e. The Bertz CT molecular complexity index is 792. The predicted molar refractivity (Wildman–Crippen MR) is 85.5 cm³/mol. The number of thiophene rings is 1. The number of hydrogen-bond acceptors (Lipinski definition) is 5. The molecule has 2 aromatic rings. The highest BCUT2D eigenvalue weighted by Gasteiger charge is 2.29. The third-order valence-corrected chi connectivity index (χ3v) is 6.51. The van der Waals surface area contributed by atoms with E-state index in [0.717, 1.165) is 47.2 Å². The largest absolute Gasteiger partial charge is 0.248 e. The first-order chi connectivity index (χ1) is 10.4. The minimum atomic E-state index is -3.53. The smallest absolute Gasteiger partial charge is 0.242 e. The standard InChI is InChI=1S/C14H20N4O2S2/c1-4-13-15-14-11(6-5-7-18(14)16-13)17-22(19,20)12-8-9(2)21-10(12)3/h8,11,17H,4-7H2,1-3H3/t11-/m0/s1. The summed E-state index contributed by atoms with van der Waals surface area (Å²) < 4.78 is 30.0. The molecule has 1 aliphatic heterocycles. The van der Waals surface area contributed by atoms with E-state index in [0.29, 0.717) is 4.90 Å². The minimum absolute atomic E-state index is 0.300. The normalized spacial score (nSPS) is 18.4.